The molecule has 2 rings (SSSR count). The molecule has 0 spiro atoms. The van der Waals surface area contributed by atoms with Crippen LogP contribution in [0.25, 0.3) is 0 Å². The largest absolute Gasteiger partial charge is 0.489 e. The van der Waals surface area contributed by atoms with Gasteiger partial charge < -0.3 is 14.6 Å². The van der Waals surface area contributed by atoms with E-state index in [1.807, 2.05) is 38.1 Å². The smallest absolute Gasteiger partial charge is 0.251 e. The van der Waals surface area contributed by atoms with Gasteiger partial charge in [0, 0.05) is 24.9 Å². The number of nitrogens with zero attached hydrogens (tertiary/aromatic N) is 1. The molecule has 0 aliphatic carbocycles. The molecule has 0 saturated heterocycles. The normalized spacial score (nSPS) is 11.8. The summed E-state index contributed by atoms with van der Waals surface area (Å²) in [7, 11) is 1.65. The minimum atomic E-state index is -0.269. The monoisotopic (exact) mass is 314 g/mol. The van der Waals surface area contributed by atoms with Crippen molar-refractivity contribution in [2.75, 3.05) is 6.54 Å². The Hall–Kier alpha value is -2.56. The Balaban J connectivity index is 1.95. The van der Waals surface area contributed by atoms with Gasteiger partial charge in [-0.3, -0.25) is 9.59 Å². The molecule has 1 heterocycles. The first-order valence-electron chi connectivity index (χ1n) is 7.67. The third-order valence-corrected chi connectivity index (χ3v) is 3.60. The van der Waals surface area contributed by atoms with Crippen LogP contribution in [0.5, 0.6) is 5.75 Å². The summed E-state index contributed by atoms with van der Waals surface area (Å²) < 4.78 is 7.32. The lowest BCUT2D eigenvalue weighted by Gasteiger charge is -2.18. The van der Waals surface area contributed by atoms with Gasteiger partial charge in [0.15, 0.2) is 0 Å². The van der Waals surface area contributed by atoms with Crippen molar-refractivity contribution in [1.29, 1.82) is 0 Å². The number of rotatable bonds is 6. The molecular formula is C18H22N2O3. The van der Waals surface area contributed by atoms with E-state index in [1.165, 1.54) is 10.6 Å². The molecule has 0 bridgehead atoms. The number of aromatic nitrogens is 1. The average molecular weight is 314 g/mol. The van der Waals surface area contributed by atoms with Gasteiger partial charge >= 0.3 is 0 Å². The summed E-state index contributed by atoms with van der Waals surface area (Å²) in [5.41, 5.74) is 1.28. The fraction of sp³-hybridized carbons (Fsp3) is 0.333. The van der Waals surface area contributed by atoms with Crippen LogP contribution >= 0.6 is 0 Å². The number of aryl methyl sites for hydroxylation is 2. The minimum absolute atomic E-state index is 0.118. The molecule has 1 amide bonds. The van der Waals surface area contributed by atoms with Gasteiger partial charge in [-0.1, -0.05) is 19.1 Å². The quantitative estimate of drug-likeness (QED) is 0.890. The van der Waals surface area contributed by atoms with Crippen LogP contribution in [0, 0.1) is 6.92 Å². The summed E-state index contributed by atoms with van der Waals surface area (Å²) in [6.45, 7) is 4.40. The molecule has 0 aliphatic rings. The van der Waals surface area contributed by atoms with Crippen LogP contribution in [0.1, 0.15) is 29.3 Å². The molecule has 5 nitrogen and oxygen atoms in total. The molecule has 5 heteroatoms. The minimum Gasteiger partial charge on any atom is -0.489 e. The summed E-state index contributed by atoms with van der Waals surface area (Å²) >= 11 is 0. The molecular weight excluding hydrogens is 292 g/mol. The van der Waals surface area contributed by atoms with E-state index < -0.39 is 0 Å². The van der Waals surface area contributed by atoms with E-state index in [0.717, 1.165) is 17.7 Å². The van der Waals surface area contributed by atoms with Crippen molar-refractivity contribution in [3.63, 3.8) is 0 Å². The fourth-order valence-electron chi connectivity index (χ4n) is 2.15. The van der Waals surface area contributed by atoms with Crippen molar-refractivity contribution in [2.45, 2.75) is 26.4 Å². The number of hydrogen-bond acceptors (Lipinski definition) is 3. The first-order valence-corrected chi connectivity index (χ1v) is 7.67. The van der Waals surface area contributed by atoms with Crippen LogP contribution in [0.4, 0.5) is 0 Å². The molecule has 0 saturated carbocycles. The zero-order chi connectivity index (χ0) is 16.8. The van der Waals surface area contributed by atoms with Crippen molar-refractivity contribution >= 4 is 5.91 Å². The Labute approximate surface area is 135 Å². The van der Waals surface area contributed by atoms with Gasteiger partial charge in [0.2, 0.25) is 0 Å². The number of pyridine rings is 1. The van der Waals surface area contributed by atoms with Crippen molar-refractivity contribution in [1.82, 2.24) is 9.88 Å². The van der Waals surface area contributed by atoms with Crippen molar-refractivity contribution in [3.05, 3.63) is 64.1 Å². The van der Waals surface area contributed by atoms with Gasteiger partial charge in [0.1, 0.15) is 11.9 Å². The first-order chi connectivity index (χ1) is 11.0. The SMILES string of the molecule is CC[C@@H](CNC(=O)c1ccn(C)c(=O)c1)Oc1cccc(C)c1. The lowest BCUT2D eigenvalue weighted by Crippen LogP contribution is -2.35. The number of carbonyl (C=O) groups excluding carboxylic acids is 1. The third-order valence-electron chi connectivity index (χ3n) is 3.60. The lowest BCUT2D eigenvalue weighted by atomic mass is 10.2. The molecule has 0 radical (unpaired) electrons. The molecule has 1 N–H and O–H groups in total. The average Bonchev–Trinajstić information content (AvgIpc) is 2.53. The predicted octanol–water partition coefficient (Wildman–Crippen LogP) is 2.28. The van der Waals surface area contributed by atoms with Gasteiger partial charge in [0.25, 0.3) is 11.5 Å². The van der Waals surface area contributed by atoms with E-state index in [4.69, 9.17) is 4.74 Å². The zero-order valence-electron chi connectivity index (χ0n) is 13.7. The Morgan fingerprint density at radius 2 is 2.09 bits per heavy atom. The predicted molar refractivity (Wildman–Crippen MR) is 89.9 cm³/mol. The molecule has 1 atom stereocenters. The van der Waals surface area contributed by atoms with Crippen molar-refractivity contribution in [3.8, 4) is 5.75 Å². The topological polar surface area (TPSA) is 60.3 Å². The maximum atomic E-state index is 12.1. The van der Waals surface area contributed by atoms with Gasteiger partial charge in [0.05, 0.1) is 6.54 Å². The highest BCUT2D eigenvalue weighted by Crippen LogP contribution is 2.15. The summed E-state index contributed by atoms with van der Waals surface area (Å²) in [4.78, 5) is 23.7. The summed E-state index contributed by atoms with van der Waals surface area (Å²) in [6, 6.07) is 10.8. The molecule has 1 aromatic carbocycles. The molecule has 0 fully saturated rings. The highest BCUT2D eigenvalue weighted by molar-refractivity contribution is 5.93. The second-order valence-electron chi connectivity index (χ2n) is 5.54. The van der Waals surface area contributed by atoms with E-state index in [9.17, 15) is 9.59 Å². The molecule has 23 heavy (non-hydrogen) atoms. The Bertz CT molecular complexity index is 737. The summed E-state index contributed by atoms with van der Waals surface area (Å²) in [5, 5.41) is 2.82. The van der Waals surface area contributed by atoms with E-state index >= 15 is 0 Å². The van der Waals surface area contributed by atoms with Crippen LogP contribution < -0.4 is 15.6 Å². The zero-order valence-corrected chi connectivity index (χ0v) is 13.7. The lowest BCUT2D eigenvalue weighted by molar-refractivity contribution is 0.0925. The van der Waals surface area contributed by atoms with Gasteiger partial charge in [-0.15, -0.1) is 0 Å². The maximum absolute atomic E-state index is 12.1. The molecule has 0 unspecified atom stereocenters. The third kappa shape index (κ3) is 4.71. The van der Waals surface area contributed by atoms with Gasteiger partial charge in [-0.25, -0.2) is 0 Å². The maximum Gasteiger partial charge on any atom is 0.251 e. The molecule has 0 aliphatic heterocycles. The van der Waals surface area contributed by atoms with Gasteiger partial charge in [-0.2, -0.15) is 0 Å². The van der Waals surface area contributed by atoms with Gasteiger partial charge in [-0.05, 0) is 37.1 Å². The fourth-order valence-corrected chi connectivity index (χ4v) is 2.15. The Kier molecular flexibility index (Phi) is 5.57. The van der Waals surface area contributed by atoms with Crippen LogP contribution in [0.3, 0.4) is 0 Å². The highest BCUT2D eigenvalue weighted by Gasteiger charge is 2.12. The highest BCUT2D eigenvalue weighted by atomic mass is 16.5. The first kappa shape index (κ1) is 16.8. The molecule has 1 aromatic heterocycles. The van der Waals surface area contributed by atoms with E-state index in [-0.39, 0.29) is 17.6 Å². The van der Waals surface area contributed by atoms with E-state index in [2.05, 4.69) is 5.32 Å². The van der Waals surface area contributed by atoms with Crippen molar-refractivity contribution in [2.24, 2.45) is 7.05 Å². The van der Waals surface area contributed by atoms with Crippen LogP contribution in [0.2, 0.25) is 0 Å². The summed E-state index contributed by atoms with van der Waals surface area (Å²) in [5.74, 6) is 0.522. The van der Waals surface area contributed by atoms with E-state index in [1.54, 1.807) is 19.3 Å². The summed E-state index contributed by atoms with van der Waals surface area (Å²) in [6.07, 6.45) is 2.23. The number of nitrogens with one attached hydrogen (secondary N) is 1. The second-order valence-corrected chi connectivity index (χ2v) is 5.54. The number of benzene rings is 1. The number of ether oxygens (including phenoxy) is 1. The standard InChI is InChI=1S/C18H22N2O3/c1-4-15(23-16-7-5-6-13(2)10-16)12-19-18(22)14-8-9-20(3)17(21)11-14/h5-11,15H,4,12H2,1-3H3,(H,19,22)/t15-/m0/s1. The second kappa shape index (κ2) is 7.63. The Morgan fingerprint density at radius 1 is 1.30 bits per heavy atom. The molecule has 122 valence electrons. The molecule has 2 aromatic rings. The number of hydrogen-bond donors (Lipinski definition) is 1. The van der Waals surface area contributed by atoms with Crippen LogP contribution in [0.15, 0.2) is 47.4 Å². The number of carbonyl (C=O) groups is 1. The van der Waals surface area contributed by atoms with Crippen LogP contribution in [-0.2, 0) is 7.05 Å². The van der Waals surface area contributed by atoms with Crippen molar-refractivity contribution < 1.29 is 9.53 Å². The Morgan fingerprint density at radius 3 is 2.74 bits per heavy atom. The van der Waals surface area contributed by atoms with Crippen LogP contribution in [-0.4, -0.2) is 23.1 Å². The number of amides is 1. The van der Waals surface area contributed by atoms with E-state index in [0.29, 0.717) is 12.1 Å².